The molecule has 0 aromatic heterocycles. The first-order valence-electron chi connectivity index (χ1n) is 13.8. The number of nitrogens with zero attached hydrogens (tertiary/aromatic N) is 2. The molecular weight excluding hydrogens is 511 g/mol. The van der Waals surface area contributed by atoms with Gasteiger partial charge >= 0.3 is 7.12 Å². The molecule has 2 aromatic rings. The number of para-hydroxylation sites is 1. The van der Waals surface area contributed by atoms with E-state index >= 15 is 0 Å². The minimum Gasteiger partial charge on any atom is -0.507 e. The Morgan fingerprint density at radius 3 is 2.67 bits per heavy atom. The maximum Gasteiger partial charge on any atom is 0.455 e. The van der Waals surface area contributed by atoms with Crippen molar-refractivity contribution >= 4 is 36.4 Å². The van der Waals surface area contributed by atoms with Crippen LogP contribution < -0.4 is 4.90 Å². The molecule has 208 valence electrons. The number of benzene rings is 2. The van der Waals surface area contributed by atoms with Gasteiger partial charge in [-0.1, -0.05) is 54.8 Å². The summed E-state index contributed by atoms with van der Waals surface area (Å²) < 4.78 is 6.06. The Hall–Kier alpha value is -3.76. The van der Waals surface area contributed by atoms with Crippen LogP contribution in [0.5, 0.6) is 5.75 Å². The first kappa shape index (κ1) is 27.8. The number of allylic oxidation sites excluding steroid dienone is 2. The molecule has 0 unspecified atom stereocenters. The average Bonchev–Trinajstić information content (AvgIpc) is 3.18. The minimum absolute atomic E-state index is 0.188. The van der Waals surface area contributed by atoms with Crippen molar-refractivity contribution in [2.75, 3.05) is 4.90 Å². The number of hydrogen-bond donors (Lipinski definition) is 2. The number of rotatable bonds is 8. The number of aromatic hydroxyl groups is 1. The lowest BCUT2D eigenvalue weighted by Crippen LogP contribution is -2.46. The lowest BCUT2D eigenvalue weighted by Gasteiger charge is -2.43. The smallest absolute Gasteiger partial charge is 0.455 e. The van der Waals surface area contributed by atoms with Gasteiger partial charge in [0.2, 0.25) is 11.8 Å². The predicted molar refractivity (Wildman–Crippen MR) is 151 cm³/mol. The first-order valence-corrected chi connectivity index (χ1v) is 13.8. The molecule has 10 heteroatoms. The lowest BCUT2D eigenvalue weighted by molar-refractivity contribution is -0.384. The van der Waals surface area contributed by atoms with Gasteiger partial charge in [-0.25, -0.2) is 4.90 Å². The van der Waals surface area contributed by atoms with E-state index in [1.165, 1.54) is 18.2 Å². The van der Waals surface area contributed by atoms with Crippen molar-refractivity contribution in [3.8, 4) is 5.75 Å². The molecule has 2 aromatic carbocycles. The van der Waals surface area contributed by atoms with Crippen molar-refractivity contribution in [1.82, 2.24) is 0 Å². The maximum atomic E-state index is 13.8. The van der Waals surface area contributed by atoms with Gasteiger partial charge in [-0.05, 0) is 62.6 Å². The molecule has 2 heterocycles. The highest BCUT2D eigenvalue weighted by molar-refractivity contribution is 6.43. The number of carbonyl (C=O) groups is 2. The number of phenols is 1. The monoisotopic (exact) mass is 544 g/mol. The molecule has 0 radical (unpaired) electrons. The summed E-state index contributed by atoms with van der Waals surface area (Å²) >= 11 is 0. The molecule has 2 saturated heterocycles. The van der Waals surface area contributed by atoms with Gasteiger partial charge in [0.1, 0.15) is 5.75 Å². The van der Waals surface area contributed by atoms with Crippen LogP contribution in [-0.2, 0) is 14.2 Å². The van der Waals surface area contributed by atoms with Gasteiger partial charge in [-0.15, -0.1) is 0 Å². The number of fused-ring (bicyclic) bond motifs is 3. The highest BCUT2D eigenvalue weighted by Gasteiger charge is 2.57. The zero-order chi connectivity index (χ0) is 28.6. The molecule has 0 spiro atoms. The highest BCUT2D eigenvalue weighted by atomic mass is 16.6. The molecule has 2 aliphatic heterocycles. The fourth-order valence-electron chi connectivity index (χ4n) is 6.61. The molecule has 2 fully saturated rings. The van der Waals surface area contributed by atoms with Gasteiger partial charge < -0.3 is 14.8 Å². The van der Waals surface area contributed by atoms with Gasteiger partial charge in [-0.2, -0.15) is 0 Å². The zero-order valence-corrected chi connectivity index (χ0v) is 22.7. The molecule has 9 nitrogen and oxygen atoms in total. The summed E-state index contributed by atoms with van der Waals surface area (Å²) in [7, 11) is -1.07. The van der Waals surface area contributed by atoms with Crippen LogP contribution >= 0.6 is 0 Å². The van der Waals surface area contributed by atoms with Gasteiger partial charge in [-0.3, -0.25) is 19.7 Å². The second-order valence-corrected chi connectivity index (χ2v) is 10.9. The largest absolute Gasteiger partial charge is 0.507 e. The van der Waals surface area contributed by atoms with E-state index in [1.807, 2.05) is 25.1 Å². The van der Waals surface area contributed by atoms with Crippen LogP contribution in [0.3, 0.4) is 0 Å². The van der Waals surface area contributed by atoms with Gasteiger partial charge in [0.05, 0.1) is 28.6 Å². The van der Waals surface area contributed by atoms with E-state index in [2.05, 4.69) is 6.92 Å². The SMILES string of the molecule is CCCC1=C2[C@@H](CC/C(C)=C/c3ccccc3O)OB(O)C[C@@H]2[C@@H]2C(=O)N(c3cccc([N+](=O)[O-])c3)C(=O)[C@@H]2C1. The van der Waals surface area contributed by atoms with Crippen molar-refractivity contribution in [3.05, 3.63) is 80.9 Å². The zero-order valence-electron chi connectivity index (χ0n) is 22.7. The Labute approximate surface area is 233 Å². The quantitative estimate of drug-likeness (QED) is 0.152. The average molecular weight is 544 g/mol. The third-order valence-corrected chi connectivity index (χ3v) is 8.30. The van der Waals surface area contributed by atoms with Crippen LogP contribution in [0.4, 0.5) is 11.4 Å². The molecule has 3 aliphatic rings. The number of hydrogen-bond acceptors (Lipinski definition) is 7. The summed E-state index contributed by atoms with van der Waals surface area (Å²) in [6.07, 6.45) is 5.04. The minimum atomic E-state index is -1.07. The Balaban J connectivity index is 1.44. The summed E-state index contributed by atoms with van der Waals surface area (Å²) in [6.45, 7) is 4.05. The number of non-ortho nitro benzene ring substituents is 1. The van der Waals surface area contributed by atoms with E-state index < -0.39 is 30.0 Å². The maximum absolute atomic E-state index is 13.8. The van der Waals surface area contributed by atoms with E-state index in [1.54, 1.807) is 18.2 Å². The standard InChI is InChI=1S/C30H33BN2O7/c1-3-7-20-15-23-28(30(36)32(29(23)35)21-9-6-10-22(16-21)33(38)39)24-17-31(37)40-26(27(20)24)13-12-18(2)14-19-8-4-5-11-25(19)34/h4-6,8-11,14,16,23-24,26,28,34,37H,3,7,12-13,15,17H2,1-2H3/b18-14+/t23-,24+,26-,28-/m1/s1. The number of nitro benzene ring substituents is 1. The molecular formula is C30H33BN2O7. The van der Waals surface area contributed by atoms with E-state index in [4.69, 9.17) is 4.65 Å². The molecule has 0 bridgehead atoms. The van der Waals surface area contributed by atoms with Gasteiger partial charge in [0.15, 0.2) is 0 Å². The number of phenolic OH excluding ortho intramolecular Hbond substituents is 1. The lowest BCUT2D eigenvalue weighted by atomic mass is 9.58. The predicted octanol–water partition coefficient (Wildman–Crippen LogP) is 5.29. The van der Waals surface area contributed by atoms with Crippen LogP contribution in [0, 0.1) is 27.9 Å². The van der Waals surface area contributed by atoms with E-state index in [9.17, 15) is 29.8 Å². The molecule has 0 saturated carbocycles. The Morgan fingerprint density at radius 1 is 1.18 bits per heavy atom. The second-order valence-electron chi connectivity index (χ2n) is 10.9. The fourth-order valence-corrected chi connectivity index (χ4v) is 6.61. The second kappa shape index (κ2) is 11.4. The molecule has 1 aliphatic carbocycles. The summed E-state index contributed by atoms with van der Waals surface area (Å²) in [6, 6.07) is 12.7. The topological polar surface area (TPSA) is 130 Å². The van der Waals surface area contributed by atoms with Crippen LogP contribution in [0.15, 0.2) is 65.3 Å². The van der Waals surface area contributed by atoms with Crippen LogP contribution in [0.2, 0.25) is 6.32 Å². The van der Waals surface area contributed by atoms with Crippen molar-refractivity contribution in [3.63, 3.8) is 0 Å². The van der Waals surface area contributed by atoms with Crippen LogP contribution in [0.1, 0.15) is 51.5 Å². The van der Waals surface area contributed by atoms with Crippen LogP contribution in [0.25, 0.3) is 6.08 Å². The van der Waals surface area contributed by atoms with Crippen molar-refractivity contribution in [2.24, 2.45) is 17.8 Å². The van der Waals surface area contributed by atoms with Crippen LogP contribution in [-0.4, -0.2) is 40.1 Å². The normalized spacial score (nSPS) is 24.8. The van der Waals surface area contributed by atoms with E-state index in [0.29, 0.717) is 19.3 Å². The van der Waals surface area contributed by atoms with Crippen molar-refractivity contribution < 1.29 is 29.3 Å². The molecule has 4 atom stereocenters. The van der Waals surface area contributed by atoms with Gasteiger partial charge in [0.25, 0.3) is 5.69 Å². The Bertz CT molecular complexity index is 1400. The number of anilines is 1. The third kappa shape index (κ3) is 5.21. The van der Waals surface area contributed by atoms with E-state index in [0.717, 1.165) is 40.0 Å². The molecule has 2 N–H and O–H groups in total. The summed E-state index contributed by atoms with van der Waals surface area (Å²) in [5.74, 6) is -2.09. The molecule has 5 rings (SSSR count). The number of imide groups is 1. The number of amides is 2. The highest BCUT2D eigenvalue weighted by Crippen LogP contribution is 2.52. The molecule has 40 heavy (non-hydrogen) atoms. The Kier molecular flexibility index (Phi) is 7.91. The van der Waals surface area contributed by atoms with Crippen molar-refractivity contribution in [2.45, 2.75) is 58.4 Å². The number of carbonyl (C=O) groups excluding carboxylic acids is 2. The fraction of sp³-hybridized carbons (Fsp3) is 0.400. The summed E-state index contributed by atoms with van der Waals surface area (Å²) in [5.41, 5.74) is 3.90. The summed E-state index contributed by atoms with van der Waals surface area (Å²) in [4.78, 5) is 39.3. The molecule has 2 amide bonds. The summed E-state index contributed by atoms with van der Waals surface area (Å²) in [5, 5.41) is 32.2. The number of nitro groups is 1. The van der Waals surface area contributed by atoms with Gasteiger partial charge in [0, 0.05) is 17.7 Å². The van der Waals surface area contributed by atoms with Crippen molar-refractivity contribution in [1.29, 1.82) is 0 Å². The van der Waals surface area contributed by atoms with E-state index in [-0.39, 0.29) is 41.2 Å². The third-order valence-electron chi connectivity index (χ3n) is 8.30. The first-order chi connectivity index (χ1) is 19.2. The Morgan fingerprint density at radius 2 is 1.95 bits per heavy atom.